The number of Topliss-reactive ketones (excluding diaryl/α,β-unsaturated/α-hetero) is 1. The molecule has 35 heavy (non-hydrogen) atoms. The number of ketones is 1. The fourth-order valence-electron chi connectivity index (χ4n) is 4.47. The molecule has 5 heteroatoms. The van der Waals surface area contributed by atoms with Crippen molar-refractivity contribution in [2.75, 3.05) is 7.11 Å². The molecule has 0 N–H and O–H groups in total. The molecule has 1 aliphatic carbocycles. The maximum Gasteiger partial charge on any atom is 0.164 e. The predicted octanol–water partition coefficient (Wildman–Crippen LogP) is 5.51. The maximum atomic E-state index is 13.3. The monoisotopic (exact) mass is 474 g/mol. The van der Waals surface area contributed by atoms with Crippen LogP contribution in [-0.4, -0.2) is 37.3 Å². The van der Waals surface area contributed by atoms with Crippen LogP contribution in [-0.2, 0) is 43.6 Å². The van der Waals surface area contributed by atoms with Crippen molar-refractivity contribution in [3.63, 3.8) is 0 Å². The van der Waals surface area contributed by atoms with Gasteiger partial charge in [-0.1, -0.05) is 91.0 Å². The van der Waals surface area contributed by atoms with E-state index in [9.17, 15) is 4.79 Å². The van der Waals surface area contributed by atoms with E-state index < -0.39 is 18.3 Å². The Balaban J connectivity index is 1.60. The lowest BCUT2D eigenvalue weighted by molar-refractivity contribution is -0.192. The summed E-state index contributed by atoms with van der Waals surface area (Å²) in [5, 5.41) is 0. The SMILES string of the molecule is CO[C@@H]1CCCC(=O)[C@@H](OCc2ccccc2)[C@H](OCc2ccccc2)[C@H]1OCc1ccccc1. The summed E-state index contributed by atoms with van der Waals surface area (Å²) in [5.74, 6) is 0.0434. The molecule has 0 unspecified atom stereocenters. The standard InChI is InChI=1S/C30H34O5/c1-32-27-19-11-18-26(31)28(33-20-23-12-5-2-6-13-23)30(35-22-25-16-9-4-10-17-25)29(27)34-21-24-14-7-3-8-15-24/h2-10,12-17,27-30H,11,18-22H2,1H3/t27-,28-,29+,30+/m1/s1. The number of benzene rings is 3. The third-order valence-corrected chi connectivity index (χ3v) is 6.36. The second kappa shape index (κ2) is 13.3. The van der Waals surface area contributed by atoms with Gasteiger partial charge in [-0.25, -0.2) is 0 Å². The molecular weight excluding hydrogens is 440 g/mol. The summed E-state index contributed by atoms with van der Waals surface area (Å²) in [6.07, 6.45) is -0.171. The first-order chi connectivity index (χ1) is 17.2. The maximum absolute atomic E-state index is 13.3. The fraction of sp³-hybridized carbons (Fsp3) is 0.367. The normalized spacial score (nSPS) is 22.9. The summed E-state index contributed by atoms with van der Waals surface area (Å²) < 4.78 is 25.1. The summed E-state index contributed by atoms with van der Waals surface area (Å²) in [4.78, 5) is 13.3. The predicted molar refractivity (Wildman–Crippen MR) is 135 cm³/mol. The summed E-state index contributed by atoms with van der Waals surface area (Å²) in [5.41, 5.74) is 3.09. The second-order valence-electron chi connectivity index (χ2n) is 8.87. The Morgan fingerprint density at radius 1 is 0.657 bits per heavy atom. The number of methoxy groups -OCH3 is 1. The second-order valence-corrected chi connectivity index (χ2v) is 8.87. The van der Waals surface area contributed by atoms with Gasteiger partial charge in [0.2, 0.25) is 0 Å². The average molecular weight is 475 g/mol. The van der Waals surface area contributed by atoms with Crippen LogP contribution in [0.2, 0.25) is 0 Å². The Hall–Kier alpha value is -2.83. The van der Waals surface area contributed by atoms with Gasteiger partial charge in [-0.05, 0) is 29.5 Å². The van der Waals surface area contributed by atoms with Crippen LogP contribution >= 0.6 is 0 Å². The van der Waals surface area contributed by atoms with Gasteiger partial charge in [0.1, 0.15) is 18.3 Å². The van der Waals surface area contributed by atoms with E-state index in [1.165, 1.54) is 0 Å². The number of carbonyl (C=O) groups excluding carboxylic acids is 1. The minimum atomic E-state index is -0.752. The molecule has 0 radical (unpaired) electrons. The van der Waals surface area contributed by atoms with Gasteiger partial charge < -0.3 is 18.9 Å². The van der Waals surface area contributed by atoms with E-state index in [0.29, 0.717) is 26.2 Å². The zero-order chi connectivity index (χ0) is 24.3. The summed E-state index contributed by atoms with van der Waals surface area (Å²) in [6, 6.07) is 29.9. The Morgan fingerprint density at radius 3 is 1.60 bits per heavy atom. The van der Waals surface area contributed by atoms with Gasteiger partial charge in [-0.2, -0.15) is 0 Å². The van der Waals surface area contributed by atoms with E-state index in [0.717, 1.165) is 29.5 Å². The molecule has 1 saturated carbocycles. The van der Waals surface area contributed by atoms with Crippen LogP contribution in [0.1, 0.15) is 36.0 Å². The molecule has 0 aromatic heterocycles. The van der Waals surface area contributed by atoms with E-state index in [4.69, 9.17) is 18.9 Å². The number of hydrogen-bond acceptors (Lipinski definition) is 5. The third kappa shape index (κ3) is 7.33. The van der Waals surface area contributed by atoms with Crippen LogP contribution in [0, 0.1) is 0 Å². The smallest absolute Gasteiger partial charge is 0.164 e. The van der Waals surface area contributed by atoms with Crippen molar-refractivity contribution in [2.24, 2.45) is 0 Å². The van der Waals surface area contributed by atoms with Gasteiger partial charge in [0.15, 0.2) is 5.78 Å². The molecular formula is C30H34O5. The lowest BCUT2D eigenvalue weighted by Gasteiger charge is -2.38. The van der Waals surface area contributed by atoms with Crippen LogP contribution in [0.5, 0.6) is 0 Å². The highest BCUT2D eigenvalue weighted by atomic mass is 16.6. The van der Waals surface area contributed by atoms with Crippen molar-refractivity contribution in [1.29, 1.82) is 0 Å². The van der Waals surface area contributed by atoms with Gasteiger partial charge in [-0.15, -0.1) is 0 Å². The van der Waals surface area contributed by atoms with Crippen LogP contribution in [0.4, 0.5) is 0 Å². The van der Waals surface area contributed by atoms with E-state index in [1.807, 2.05) is 91.0 Å². The minimum absolute atomic E-state index is 0.0434. The van der Waals surface area contributed by atoms with Crippen molar-refractivity contribution in [1.82, 2.24) is 0 Å². The molecule has 1 aliphatic rings. The zero-order valence-electron chi connectivity index (χ0n) is 20.3. The van der Waals surface area contributed by atoms with Crippen LogP contribution in [0.25, 0.3) is 0 Å². The highest BCUT2D eigenvalue weighted by Gasteiger charge is 2.42. The lowest BCUT2D eigenvalue weighted by atomic mass is 9.90. The topological polar surface area (TPSA) is 54.0 Å². The molecule has 5 nitrogen and oxygen atoms in total. The van der Waals surface area contributed by atoms with Gasteiger partial charge in [0.25, 0.3) is 0 Å². The Bertz CT molecular complexity index is 1010. The van der Waals surface area contributed by atoms with Crippen molar-refractivity contribution in [3.8, 4) is 0 Å². The minimum Gasteiger partial charge on any atom is -0.379 e. The third-order valence-electron chi connectivity index (χ3n) is 6.36. The number of carbonyl (C=O) groups is 1. The van der Waals surface area contributed by atoms with Gasteiger partial charge in [0, 0.05) is 13.5 Å². The van der Waals surface area contributed by atoms with Crippen molar-refractivity contribution in [3.05, 3.63) is 108 Å². The highest BCUT2D eigenvalue weighted by Crippen LogP contribution is 2.28. The molecule has 3 aromatic rings. The van der Waals surface area contributed by atoms with E-state index in [1.54, 1.807) is 7.11 Å². The number of hydrogen-bond donors (Lipinski definition) is 0. The van der Waals surface area contributed by atoms with E-state index in [-0.39, 0.29) is 11.9 Å². The summed E-state index contributed by atoms with van der Waals surface area (Å²) in [6.45, 7) is 1.08. The molecule has 0 amide bonds. The van der Waals surface area contributed by atoms with Gasteiger partial charge >= 0.3 is 0 Å². The molecule has 4 atom stereocenters. The molecule has 1 fully saturated rings. The van der Waals surface area contributed by atoms with E-state index in [2.05, 4.69) is 0 Å². The quantitative estimate of drug-likeness (QED) is 0.388. The fourth-order valence-corrected chi connectivity index (χ4v) is 4.47. The van der Waals surface area contributed by atoms with Gasteiger partial charge in [-0.3, -0.25) is 4.79 Å². The van der Waals surface area contributed by atoms with Crippen molar-refractivity contribution >= 4 is 5.78 Å². The first kappa shape index (κ1) is 25.3. The molecule has 0 heterocycles. The Labute approximate surface area is 208 Å². The van der Waals surface area contributed by atoms with Gasteiger partial charge in [0.05, 0.1) is 25.9 Å². The molecule has 184 valence electrons. The molecule has 0 bridgehead atoms. The number of ether oxygens (including phenoxy) is 4. The first-order valence-corrected chi connectivity index (χ1v) is 12.3. The van der Waals surface area contributed by atoms with Crippen LogP contribution in [0.15, 0.2) is 91.0 Å². The zero-order valence-corrected chi connectivity index (χ0v) is 20.3. The summed E-state index contributed by atoms with van der Waals surface area (Å²) in [7, 11) is 1.70. The number of rotatable bonds is 10. The van der Waals surface area contributed by atoms with Crippen LogP contribution in [0.3, 0.4) is 0 Å². The van der Waals surface area contributed by atoms with Crippen molar-refractivity contribution in [2.45, 2.75) is 63.5 Å². The summed E-state index contributed by atoms with van der Waals surface area (Å²) >= 11 is 0. The molecule has 0 saturated heterocycles. The molecule has 3 aromatic carbocycles. The molecule has 0 spiro atoms. The van der Waals surface area contributed by atoms with E-state index >= 15 is 0 Å². The molecule has 4 rings (SSSR count). The molecule has 0 aliphatic heterocycles. The average Bonchev–Trinajstić information content (AvgIpc) is 2.91. The Kier molecular flexibility index (Phi) is 9.61. The first-order valence-electron chi connectivity index (χ1n) is 12.3. The highest BCUT2D eigenvalue weighted by molar-refractivity contribution is 5.84. The van der Waals surface area contributed by atoms with Crippen LogP contribution < -0.4 is 0 Å². The Morgan fingerprint density at radius 2 is 1.11 bits per heavy atom. The van der Waals surface area contributed by atoms with Crippen molar-refractivity contribution < 1.29 is 23.7 Å². The lowest BCUT2D eigenvalue weighted by Crippen LogP contribution is -2.53. The largest absolute Gasteiger partial charge is 0.379 e.